The van der Waals surface area contributed by atoms with E-state index in [0.717, 1.165) is 18.6 Å². The van der Waals surface area contributed by atoms with Gasteiger partial charge in [-0.2, -0.15) is 11.8 Å². The van der Waals surface area contributed by atoms with Crippen LogP contribution in [0.1, 0.15) is 33.1 Å². The summed E-state index contributed by atoms with van der Waals surface area (Å²) in [6.07, 6.45) is 1.83. The van der Waals surface area contributed by atoms with Crippen molar-refractivity contribution in [3.8, 4) is 0 Å². The minimum atomic E-state index is -0.845. The highest BCUT2D eigenvalue weighted by atomic mass is 32.2. The van der Waals surface area contributed by atoms with Gasteiger partial charge >= 0.3 is 12.0 Å². The predicted molar refractivity (Wildman–Crippen MR) is 73.0 cm³/mol. The first-order valence-corrected chi connectivity index (χ1v) is 7.60. The summed E-state index contributed by atoms with van der Waals surface area (Å²) in [5.74, 6) is 0.748. The zero-order chi connectivity index (χ0) is 13.5. The molecular formula is C12H22N2O3S. The molecule has 18 heavy (non-hydrogen) atoms. The second kappa shape index (κ2) is 7.51. The maximum absolute atomic E-state index is 12.1. The van der Waals surface area contributed by atoms with Gasteiger partial charge in [0, 0.05) is 24.1 Å². The first-order valence-electron chi connectivity index (χ1n) is 6.45. The van der Waals surface area contributed by atoms with E-state index >= 15 is 0 Å². The summed E-state index contributed by atoms with van der Waals surface area (Å²) in [5.41, 5.74) is 0. The molecule has 0 aromatic carbocycles. The molecule has 2 N–H and O–H groups in total. The molecule has 1 atom stereocenters. The topological polar surface area (TPSA) is 69.6 Å². The van der Waals surface area contributed by atoms with Crippen molar-refractivity contribution in [2.75, 3.05) is 18.1 Å². The van der Waals surface area contributed by atoms with Crippen molar-refractivity contribution in [3.63, 3.8) is 0 Å². The highest BCUT2D eigenvalue weighted by Gasteiger charge is 2.29. The molecule has 1 unspecified atom stereocenters. The van der Waals surface area contributed by atoms with E-state index in [0.29, 0.717) is 12.3 Å². The third-order valence-electron chi connectivity index (χ3n) is 3.21. The fraction of sp³-hybridized carbons (Fsp3) is 0.833. The Labute approximate surface area is 112 Å². The third-order valence-corrected chi connectivity index (χ3v) is 4.30. The molecule has 1 aliphatic heterocycles. The quantitative estimate of drug-likeness (QED) is 0.801. The van der Waals surface area contributed by atoms with Crippen LogP contribution in [0.15, 0.2) is 0 Å². The van der Waals surface area contributed by atoms with Crippen LogP contribution in [0, 0.1) is 0 Å². The molecule has 6 heteroatoms. The van der Waals surface area contributed by atoms with Crippen LogP contribution >= 0.6 is 11.8 Å². The van der Waals surface area contributed by atoms with Crippen LogP contribution in [-0.4, -0.2) is 52.1 Å². The van der Waals surface area contributed by atoms with Crippen LogP contribution in [0.25, 0.3) is 0 Å². The number of carbonyl (C=O) groups is 2. The molecule has 0 spiro atoms. The van der Waals surface area contributed by atoms with Gasteiger partial charge in [-0.05, 0) is 12.8 Å². The maximum Gasteiger partial charge on any atom is 0.317 e. The molecule has 1 rings (SSSR count). The van der Waals surface area contributed by atoms with Crippen LogP contribution in [0.4, 0.5) is 4.79 Å². The van der Waals surface area contributed by atoms with E-state index in [1.807, 2.05) is 13.8 Å². The summed E-state index contributed by atoms with van der Waals surface area (Å²) in [6.45, 7) is 4.71. The Hall–Kier alpha value is -0.910. The van der Waals surface area contributed by atoms with Crippen LogP contribution < -0.4 is 5.32 Å². The van der Waals surface area contributed by atoms with Gasteiger partial charge in [-0.1, -0.05) is 13.8 Å². The number of aliphatic carboxylic acids is 1. The number of hydrogen-bond acceptors (Lipinski definition) is 3. The van der Waals surface area contributed by atoms with E-state index in [2.05, 4.69) is 5.32 Å². The van der Waals surface area contributed by atoms with Gasteiger partial charge in [0.2, 0.25) is 0 Å². The van der Waals surface area contributed by atoms with Gasteiger partial charge in [-0.15, -0.1) is 0 Å². The second-order valence-corrected chi connectivity index (χ2v) is 5.63. The Morgan fingerprint density at radius 3 is 2.67 bits per heavy atom. The molecule has 0 aliphatic carbocycles. The number of thioether (sulfide) groups is 1. The van der Waals surface area contributed by atoms with Crippen molar-refractivity contribution in [2.24, 2.45) is 0 Å². The van der Waals surface area contributed by atoms with Gasteiger partial charge in [-0.3, -0.25) is 4.79 Å². The van der Waals surface area contributed by atoms with Crippen LogP contribution in [0.2, 0.25) is 0 Å². The number of carboxylic acid groups (broad SMARTS) is 1. The number of urea groups is 1. The molecule has 0 bridgehead atoms. The fourth-order valence-electron chi connectivity index (χ4n) is 2.04. The Kier molecular flexibility index (Phi) is 6.32. The molecule has 0 saturated carbocycles. The number of carbonyl (C=O) groups excluding carboxylic acids is 1. The number of nitrogens with one attached hydrogen (secondary N) is 1. The molecule has 2 amide bonds. The van der Waals surface area contributed by atoms with Crippen LogP contribution in [0.3, 0.4) is 0 Å². The Balaban J connectivity index is 2.59. The van der Waals surface area contributed by atoms with E-state index in [9.17, 15) is 9.59 Å². The van der Waals surface area contributed by atoms with Crippen molar-refractivity contribution in [1.82, 2.24) is 10.2 Å². The number of rotatable bonds is 5. The summed E-state index contributed by atoms with van der Waals surface area (Å²) >= 11 is 1.71. The lowest BCUT2D eigenvalue weighted by Crippen LogP contribution is -2.53. The lowest BCUT2D eigenvalue weighted by Gasteiger charge is -2.35. The van der Waals surface area contributed by atoms with Gasteiger partial charge in [0.25, 0.3) is 0 Å². The lowest BCUT2D eigenvalue weighted by atomic mass is 10.1. The van der Waals surface area contributed by atoms with E-state index in [-0.39, 0.29) is 24.5 Å². The van der Waals surface area contributed by atoms with Crippen molar-refractivity contribution in [3.05, 3.63) is 0 Å². The molecule has 1 heterocycles. The summed E-state index contributed by atoms with van der Waals surface area (Å²) in [4.78, 5) is 24.6. The van der Waals surface area contributed by atoms with Crippen molar-refractivity contribution in [2.45, 2.75) is 45.2 Å². The van der Waals surface area contributed by atoms with E-state index in [4.69, 9.17) is 5.11 Å². The van der Waals surface area contributed by atoms with Crippen molar-refractivity contribution < 1.29 is 14.7 Å². The Morgan fingerprint density at radius 2 is 2.11 bits per heavy atom. The molecule has 0 aromatic heterocycles. The smallest absolute Gasteiger partial charge is 0.317 e. The zero-order valence-corrected chi connectivity index (χ0v) is 11.8. The summed E-state index contributed by atoms with van der Waals surface area (Å²) in [7, 11) is 0. The molecule has 0 radical (unpaired) electrons. The second-order valence-electron chi connectivity index (χ2n) is 4.48. The first kappa shape index (κ1) is 15.1. The first-order chi connectivity index (χ1) is 8.58. The van der Waals surface area contributed by atoms with E-state index in [1.165, 1.54) is 0 Å². The van der Waals surface area contributed by atoms with Crippen LogP contribution in [-0.2, 0) is 4.79 Å². The van der Waals surface area contributed by atoms with Gasteiger partial charge < -0.3 is 15.3 Å². The SMILES string of the molecule is CCC(CC)NC(=O)N1CCSCC1CC(=O)O. The summed E-state index contributed by atoms with van der Waals surface area (Å²) in [5, 5.41) is 11.8. The Bertz CT molecular complexity index is 295. The van der Waals surface area contributed by atoms with Gasteiger partial charge in [0.05, 0.1) is 12.5 Å². The molecule has 0 aromatic rings. The van der Waals surface area contributed by atoms with Gasteiger partial charge in [0.15, 0.2) is 0 Å². The maximum atomic E-state index is 12.1. The zero-order valence-electron chi connectivity index (χ0n) is 11.0. The normalized spacial score (nSPS) is 19.9. The largest absolute Gasteiger partial charge is 0.481 e. The molecule has 5 nitrogen and oxygen atoms in total. The highest BCUT2D eigenvalue weighted by molar-refractivity contribution is 7.99. The average molecular weight is 274 g/mol. The lowest BCUT2D eigenvalue weighted by molar-refractivity contribution is -0.138. The van der Waals surface area contributed by atoms with Crippen molar-refractivity contribution >= 4 is 23.8 Å². The summed E-state index contributed by atoms with van der Waals surface area (Å²) < 4.78 is 0. The minimum Gasteiger partial charge on any atom is -0.481 e. The third kappa shape index (κ3) is 4.40. The van der Waals surface area contributed by atoms with E-state index in [1.54, 1.807) is 16.7 Å². The van der Waals surface area contributed by atoms with Crippen LogP contribution in [0.5, 0.6) is 0 Å². The molecule has 1 saturated heterocycles. The number of carboxylic acids is 1. The van der Waals surface area contributed by atoms with E-state index < -0.39 is 5.97 Å². The van der Waals surface area contributed by atoms with Gasteiger partial charge in [-0.25, -0.2) is 4.79 Å². The number of amides is 2. The highest BCUT2D eigenvalue weighted by Crippen LogP contribution is 2.19. The monoisotopic (exact) mass is 274 g/mol. The number of hydrogen-bond donors (Lipinski definition) is 2. The van der Waals surface area contributed by atoms with Gasteiger partial charge in [0.1, 0.15) is 0 Å². The fourth-order valence-corrected chi connectivity index (χ4v) is 3.11. The summed E-state index contributed by atoms with van der Waals surface area (Å²) in [6, 6.07) is -0.122. The Morgan fingerprint density at radius 1 is 1.44 bits per heavy atom. The molecular weight excluding hydrogens is 252 g/mol. The van der Waals surface area contributed by atoms with Crippen molar-refractivity contribution in [1.29, 1.82) is 0 Å². The molecule has 1 fully saturated rings. The molecule has 104 valence electrons. The standard InChI is InChI=1S/C12H22N2O3S/c1-3-9(4-2)13-12(17)14-5-6-18-8-10(14)7-11(15)16/h9-10H,3-8H2,1-2H3,(H,13,17)(H,15,16). The number of nitrogens with zero attached hydrogens (tertiary/aromatic N) is 1. The predicted octanol–water partition coefficient (Wildman–Crippen LogP) is 1.78. The average Bonchev–Trinajstić information content (AvgIpc) is 2.35. The molecule has 1 aliphatic rings. The minimum absolute atomic E-state index is 0.0311.